The Hall–Kier alpha value is -1.06. The number of nitrogens with zero attached hydrogens (tertiary/aromatic N) is 2. The number of benzene rings is 1. The summed E-state index contributed by atoms with van der Waals surface area (Å²) in [6.07, 6.45) is 4.01. The summed E-state index contributed by atoms with van der Waals surface area (Å²) in [5.41, 5.74) is 3.05. The van der Waals surface area contributed by atoms with Gasteiger partial charge in [-0.1, -0.05) is 26.0 Å². The Labute approximate surface area is 130 Å². The topological polar surface area (TPSA) is 18.5 Å². The number of hydrogen-bond acceptors (Lipinski definition) is 3. The zero-order valence-corrected chi connectivity index (χ0v) is 14.3. The summed E-state index contributed by atoms with van der Waals surface area (Å²) < 4.78 is 0. The largest absolute Gasteiger partial charge is 0.373 e. The van der Waals surface area contributed by atoms with Crippen molar-refractivity contribution in [3.05, 3.63) is 29.8 Å². The third kappa shape index (κ3) is 3.98. The molecule has 1 aliphatic carbocycles. The molecule has 0 aromatic heterocycles. The second-order valence-electron chi connectivity index (χ2n) is 7.03. The Morgan fingerprint density at radius 1 is 1.10 bits per heavy atom. The number of anilines is 1. The average Bonchev–Trinajstić information content (AvgIpc) is 2.40. The van der Waals surface area contributed by atoms with Crippen LogP contribution in [0.25, 0.3) is 0 Å². The smallest absolute Gasteiger partial charge is 0.0378 e. The minimum absolute atomic E-state index is 0.382. The van der Waals surface area contributed by atoms with Gasteiger partial charge < -0.3 is 15.1 Å². The molecular weight excluding hydrogens is 258 g/mol. The summed E-state index contributed by atoms with van der Waals surface area (Å²) in [7, 11) is 6.65. The van der Waals surface area contributed by atoms with Crippen molar-refractivity contribution in [3.63, 3.8) is 0 Å². The molecule has 0 bridgehead atoms. The lowest BCUT2D eigenvalue weighted by Gasteiger charge is -2.49. The quantitative estimate of drug-likeness (QED) is 0.832. The Morgan fingerprint density at radius 3 is 2.14 bits per heavy atom. The van der Waals surface area contributed by atoms with E-state index in [0.29, 0.717) is 11.6 Å². The molecule has 1 N–H and O–H groups in total. The molecular formula is C18H31N3. The van der Waals surface area contributed by atoms with Crippen molar-refractivity contribution >= 4 is 5.69 Å². The third-order valence-electron chi connectivity index (χ3n) is 4.86. The molecule has 0 radical (unpaired) electrons. The number of likely N-dealkylation sites (N-methyl/N-ethyl adjacent to an activating group) is 2. The van der Waals surface area contributed by atoms with E-state index in [2.05, 4.69) is 74.4 Å². The van der Waals surface area contributed by atoms with Crippen molar-refractivity contribution in [1.82, 2.24) is 10.2 Å². The van der Waals surface area contributed by atoms with Crippen molar-refractivity contribution in [3.8, 4) is 0 Å². The highest BCUT2D eigenvalue weighted by atomic mass is 15.2. The molecule has 21 heavy (non-hydrogen) atoms. The lowest BCUT2D eigenvalue weighted by atomic mass is 9.75. The minimum atomic E-state index is 0.382. The molecule has 118 valence electrons. The molecule has 0 amide bonds. The highest BCUT2D eigenvalue weighted by Crippen LogP contribution is 2.37. The zero-order chi connectivity index (χ0) is 15.5. The van der Waals surface area contributed by atoms with Crippen LogP contribution in [0.3, 0.4) is 0 Å². The van der Waals surface area contributed by atoms with Gasteiger partial charge in [-0.3, -0.25) is 0 Å². The van der Waals surface area contributed by atoms with Crippen molar-refractivity contribution < 1.29 is 0 Å². The van der Waals surface area contributed by atoms with Gasteiger partial charge in [0.1, 0.15) is 0 Å². The minimum Gasteiger partial charge on any atom is -0.373 e. The summed E-state index contributed by atoms with van der Waals surface area (Å²) in [6, 6.07) is 9.51. The van der Waals surface area contributed by atoms with Gasteiger partial charge in [-0.05, 0) is 51.1 Å². The molecule has 0 saturated heterocycles. The van der Waals surface area contributed by atoms with Crippen LogP contribution in [0, 0.1) is 0 Å². The second kappa shape index (κ2) is 6.80. The summed E-state index contributed by atoms with van der Waals surface area (Å²) in [5.74, 6) is 0. The van der Waals surface area contributed by atoms with Gasteiger partial charge in [0.2, 0.25) is 0 Å². The zero-order valence-electron chi connectivity index (χ0n) is 14.3. The third-order valence-corrected chi connectivity index (χ3v) is 4.86. The molecule has 1 aromatic carbocycles. The molecule has 2 rings (SSSR count). The maximum absolute atomic E-state index is 3.46. The highest BCUT2D eigenvalue weighted by molar-refractivity contribution is 5.47. The van der Waals surface area contributed by atoms with E-state index >= 15 is 0 Å². The maximum Gasteiger partial charge on any atom is 0.0378 e. The van der Waals surface area contributed by atoms with Crippen LogP contribution in [-0.4, -0.2) is 44.2 Å². The Kier molecular flexibility index (Phi) is 5.28. The van der Waals surface area contributed by atoms with E-state index < -0.39 is 0 Å². The first-order chi connectivity index (χ1) is 9.93. The molecule has 0 aliphatic heterocycles. The van der Waals surface area contributed by atoms with Crippen molar-refractivity contribution in [1.29, 1.82) is 0 Å². The lowest BCUT2D eigenvalue weighted by molar-refractivity contribution is 0.0683. The second-order valence-corrected chi connectivity index (χ2v) is 7.03. The van der Waals surface area contributed by atoms with Gasteiger partial charge >= 0.3 is 0 Å². The van der Waals surface area contributed by atoms with E-state index in [1.54, 1.807) is 0 Å². The first-order valence-electron chi connectivity index (χ1n) is 8.14. The normalized spacial score (nSPS) is 17.1. The number of nitrogens with one attached hydrogen (secondary N) is 1. The standard InChI is InChI=1S/C18H31N3/c1-15(2)19-13-16-7-9-17(10-8-16)21(5)14-18(20(3)4)11-6-12-18/h7-10,15,19H,6,11-14H2,1-5H3. The van der Waals surface area contributed by atoms with Crippen molar-refractivity contribution in [2.45, 2.75) is 51.2 Å². The van der Waals surface area contributed by atoms with E-state index in [0.717, 1.165) is 13.1 Å². The van der Waals surface area contributed by atoms with Gasteiger partial charge in [-0.25, -0.2) is 0 Å². The van der Waals surface area contributed by atoms with E-state index in [1.165, 1.54) is 30.5 Å². The van der Waals surface area contributed by atoms with Crippen molar-refractivity contribution in [2.75, 3.05) is 32.6 Å². The van der Waals surface area contributed by atoms with Gasteiger partial charge in [0.25, 0.3) is 0 Å². The maximum atomic E-state index is 3.46. The van der Waals surface area contributed by atoms with Gasteiger partial charge in [0.05, 0.1) is 0 Å². The van der Waals surface area contributed by atoms with Crippen LogP contribution >= 0.6 is 0 Å². The molecule has 0 spiro atoms. The van der Waals surface area contributed by atoms with E-state index in [9.17, 15) is 0 Å². The van der Waals surface area contributed by atoms with Crippen LogP contribution in [-0.2, 0) is 6.54 Å². The molecule has 3 heteroatoms. The SMILES string of the molecule is CC(C)NCc1ccc(N(C)CC2(N(C)C)CCC2)cc1. The molecule has 1 aliphatic rings. The average molecular weight is 289 g/mol. The first kappa shape index (κ1) is 16.3. The van der Waals surface area contributed by atoms with Gasteiger partial charge in [0.15, 0.2) is 0 Å². The van der Waals surface area contributed by atoms with Crippen LogP contribution < -0.4 is 10.2 Å². The Morgan fingerprint density at radius 2 is 1.71 bits per heavy atom. The van der Waals surface area contributed by atoms with E-state index in [-0.39, 0.29) is 0 Å². The molecule has 1 fully saturated rings. The van der Waals surface area contributed by atoms with Crippen LogP contribution in [0.1, 0.15) is 38.7 Å². The molecule has 1 saturated carbocycles. The number of rotatable bonds is 7. The fourth-order valence-corrected chi connectivity index (χ4v) is 3.05. The summed E-state index contributed by atoms with van der Waals surface area (Å²) in [4.78, 5) is 4.81. The molecule has 3 nitrogen and oxygen atoms in total. The molecule has 1 aromatic rings. The van der Waals surface area contributed by atoms with Crippen molar-refractivity contribution in [2.24, 2.45) is 0 Å². The fraction of sp³-hybridized carbons (Fsp3) is 0.667. The van der Waals surface area contributed by atoms with E-state index in [4.69, 9.17) is 0 Å². The van der Waals surface area contributed by atoms with Gasteiger partial charge in [-0.2, -0.15) is 0 Å². The van der Waals surface area contributed by atoms with Gasteiger partial charge in [0, 0.05) is 37.4 Å². The first-order valence-corrected chi connectivity index (χ1v) is 8.14. The number of hydrogen-bond donors (Lipinski definition) is 1. The van der Waals surface area contributed by atoms with Gasteiger partial charge in [-0.15, -0.1) is 0 Å². The van der Waals surface area contributed by atoms with Crippen LogP contribution in [0.15, 0.2) is 24.3 Å². The van der Waals surface area contributed by atoms with E-state index in [1.807, 2.05) is 0 Å². The van der Waals surface area contributed by atoms with Crippen LogP contribution in [0.4, 0.5) is 5.69 Å². The lowest BCUT2D eigenvalue weighted by Crippen LogP contribution is -2.56. The van der Waals surface area contributed by atoms with Crippen LogP contribution in [0.5, 0.6) is 0 Å². The molecule has 0 heterocycles. The summed E-state index contributed by atoms with van der Waals surface area (Å²) >= 11 is 0. The fourth-order valence-electron chi connectivity index (χ4n) is 3.05. The predicted molar refractivity (Wildman–Crippen MR) is 92.0 cm³/mol. The summed E-state index contributed by atoms with van der Waals surface area (Å²) in [6.45, 7) is 6.43. The summed E-state index contributed by atoms with van der Waals surface area (Å²) in [5, 5.41) is 3.46. The Balaban J connectivity index is 1.95. The Bertz CT molecular complexity index is 432. The molecule has 0 atom stereocenters. The molecule has 0 unspecified atom stereocenters. The predicted octanol–water partition coefficient (Wildman–Crippen LogP) is 3.11. The van der Waals surface area contributed by atoms with Crippen LogP contribution in [0.2, 0.25) is 0 Å². The monoisotopic (exact) mass is 289 g/mol. The highest BCUT2D eigenvalue weighted by Gasteiger charge is 2.39.